The summed E-state index contributed by atoms with van der Waals surface area (Å²) in [5.74, 6) is -0.622. The topological polar surface area (TPSA) is 66.6 Å². The number of hydrogen-bond donors (Lipinski definition) is 2. The highest BCUT2D eigenvalue weighted by Gasteiger charge is 2.39. The van der Waals surface area contributed by atoms with Gasteiger partial charge in [0.1, 0.15) is 0 Å². The highest BCUT2D eigenvalue weighted by Crippen LogP contribution is 2.30. The lowest BCUT2D eigenvalue weighted by Gasteiger charge is -2.27. The molecule has 0 atom stereocenters. The largest absolute Gasteiger partial charge is 0.372 e. The molecule has 32 heavy (non-hydrogen) atoms. The summed E-state index contributed by atoms with van der Waals surface area (Å²) in [7, 11) is 0. The first kappa shape index (κ1) is 21.3. The SMILES string of the molecule is Cc1cc(/C=N\NC(=O)C(O)(c2ccccc2)c2ccccc2)c(C)n1-c1ccccc1. The van der Waals surface area contributed by atoms with E-state index >= 15 is 0 Å². The average molecular weight is 424 g/mol. The monoisotopic (exact) mass is 423 g/mol. The minimum Gasteiger partial charge on any atom is -0.372 e. The third kappa shape index (κ3) is 3.98. The van der Waals surface area contributed by atoms with Gasteiger partial charge in [-0.25, -0.2) is 5.43 Å². The molecule has 5 heteroatoms. The maximum absolute atomic E-state index is 13.2. The van der Waals surface area contributed by atoms with Crippen LogP contribution in [-0.4, -0.2) is 21.8 Å². The van der Waals surface area contributed by atoms with E-state index in [1.165, 1.54) is 0 Å². The summed E-state index contributed by atoms with van der Waals surface area (Å²) in [6.45, 7) is 4.03. The summed E-state index contributed by atoms with van der Waals surface area (Å²) in [4.78, 5) is 13.2. The molecule has 4 rings (SSSR count). The highest BCUT2D eigenvalue weighted by atomic mass is 16.3. The molecule has 0 saturated carbocycles. The molecule has 2 N–H and O–H groups in total. The Bertz CT molecular complexity index is 1190. The fourth-order valence-corrected chi connectivity index (χ4v) is 3.92. The zero-order valence-corrected chi connectivity index (χ0v) is 18.1. The Morgan fingerprint density at radius 1 is 0.875 bits per heavy atom. The Morgan fingerprint density at radius 3 is 1.91 bits per heavy atom. The van der Waals surface area contributed by atoms with Crippen LogP contribution in [0.15, 0.2) is 102 Å². The number of carbonyl (C=O) groups excluding carboxylic acids is 1. The van der Waals surface area contributed by atoms with E-state index in [4.69, 9.17) is 0 Å². The Balaban J connectivity index is 1.61. The van der Waals surface area contributed by atoms with E-state index in [0.717, 1.165) is 22.6 Å². The van der Waals surface area contributed by atoms with Crippen LogP contribution in [0.3, 0.4) is 0 Å². The van der Waals surface area contributed by atoms with E-state index in [2.05, 4.69) is 15.1 Å². The fraction of sp³-hybridized carbons (Fsp3) is 0.111. The van der Waals surface area contributed by atoms with Gasteiger partial charge in [-0.3, -0.25) is 4.79 Å². The van der Waals surface area contributed by atoms with Crippen molar-refractivity contribution in [3.63, 3.8) is 0 Å². The second kappa shape index (κ2) is 9.04. The quantitative estimate of drug-likeness (QED) is 0.355. The number of carbonyl (C=O) groups is 1. The van der Waals surface area contributed by atoms with Gasteiger partial charge in [-0.15, -0.1) is 0 Å². The summed E-state index contributed by atoms with van der Waals surface area (Å²) in [6.07, 6.45) is 1.61. The van der Waals surface area contributed by atoms with E-state index in [0.29, 0.717) is 11.1 Å². The molecule has 0 bridgehead atoms. The Kier molecular flexibility index (Phi) is 6.01. The third-order valence-electron chi connectivity index (χ3n) is 5.57. The number of nitrogens with zero attached hydrogens (tertiary/aromatic N) is 2. The van der Waals surface area contributed by atoms with Crippen molar-refractivity contribution in [2.45, 2.75) is 19.4 Å². The first-order valence-corrected chi connectivity index (χ1v) is 10.4. The normalized spacial score (nSPS) is 11.6. The predicted octanol–water partition coefficient (Wildman–Crippen LogP) is 4.48. The summed E-state index contributed by atoms with van der Waals surface area (Å²) in [6, 6.07) is 29.8. The molecule has 0 radical (unpaired) electrons. The maximum atomic E-state index is 13.2. The molecule has 160 valence electrons. The van der Waals surface area contributed by atoms with E-state index in [1.54, 1.807) is 54.7 Å². The summed E-state index contributed by atoms with van der Waals surface area (Å²) in [5.41, 5.74) is 5.64. The molecular weight excluding hydrogens is 398 g/mol. The van der Waals surface area contributed by atoms with Crippen LogP contribution in [0.2, 0.25) is 0 Å². The molecule has 0 unspecified atom stereocenters. The predicted molar refractivity (Wildman–Crippen MR) is 127 cm³/mol. The number of para-hydroxylation sites is 1. The number of rotatable bonds is 6. The van der Waals surface area contributed by atoms with Crippen molar-refractivity contribution < 1.29 is 9.90 Å². The van der Waals surface area contributed by atoms with Crippen LogP contribution >= 0.6 is 0 Å². The second-order valence-electron chi connectivity index (χ2n) is 7.64. The van der Waals surface area contributed by atoms with Crippen molar-refractivity contribution in [2.24, 2.45) is 5.10 Å². The number of aryl methyl sites for hydroxylation is 1. The van der Waals surface area contributed by atoms with Crippen molar-refractivity contribution in [1.29, 1.82) is 0 Å². The van der Waals surface area contributed by atoms with E-state index < -0.39 is 11.5 Å². The maximum Gasteiger partial charge on any atom is 0.281 e. The summed E-state index contributed by atoms with van der Waals surface area (Å²) >= 11 is 0. The van der Waals surface area contributed by atoms with E-state index in [9.17, 15) is 9.90 Å². The minimum atomic E-state index is -1.86. The molecule has 0 aliphatic heterocycles. The molecule has 3 aromatic carbocycles. The molecule has 0 spiro atoms. The van der Waals surface area contributed by atoms with Gasteiger partial charge in [-0.05, 0) is 43.2 Å². The van der Waals surface area contributed by atoms with Gasteiger partial charge < -0.3 is 9.67 Å². The van der Waals surface area contributed by atoms with Crippen LogP contribution < -0.4 is 5.43 Å². The van der Waals surface area contributed by atoms with Crippen molar-refractivity contribution in [3.8, 4) is 5.69 Å². The van der Waals surface area contributed by atoms with Crippen LogP contribution in [-0.2, 0) is 10.4 Å². The van der Waals surface area contributed by atoms with E-state index in [-0.39, 0.29) is 0 Å². The number of aliphatic hydroxyl groups is 1. The van der Waals surface area contributed by atoms with Crippen LogP contribution in [0.5, 0.6) is 0 Å². The summed E-state index contributed by atoms with van der Waals surface area (Å²) < 4.78 is 2.13. The molecule has 1 aromatic heterocycles. The molecule has 0 saturated heterocycles. The Hall–Kier alpha value is -3.96. The molecule has 1 amide bonds. The Labute approximate surface area is 187 Å². The van der Waals surface area contributed by atoms with Crippen LogP contribution in [0.25, 0.3) is 5.69 Å². The number of hydrogen-bond acceptors (Lipinski definition) is 3. The van der Waals surface area contributed by atoms with E-state index in [1.807, 2.05) is 62.4 Å². The van der Waals surface area contributed by atoms with Gasteiger partial charge in [0.15, 0.2) is 5.60 Å². The molecule has 0 aliphatic carbocycles. The van der Waals surface area contributed by atoms with Crippen LogP contribution in [0.1, 0.15) is 28.1 Å². The first-order valence-electron chi connectivity index (χ1n) is 10.4. The van der Waals surface area contributed by atoms with Gasteiger partial charge >= 0.3 is 0 Å². The number of hydrazone groups is 1. The number of aromatic nitrogens is 1. The van der Waals surface area contributed by atoms with Gasteiger partial charge in [0.2, 0.25) is 0 Å². The zero-order valence-electron chi connectivity index (χ0n) is 18.1. The molecule has 0 aliphatic rings. The zero-order chi connectivity index (χ0) is 22.6. The molecule has 5 nitrogen and oxygen atoms in total. The Morgan fingerprint density at radius 2 is 1.38 bits per heavy atom. The molecule has 1 heterocycles. The lowest BCUT2D eigenvalue weighted by Crippen LogP contribution is -2.43. The lowest BCUT2D eigenvalue weighted by molar-refractivity contribution is -0.136. The molecule has 4 aromatic rings. The standard InChI is InChI=1S/C27H25N3O2/c1-20-18-22(21(2)30(20)25-16-10-5-11-17-25)19-28-29-26(31)27(32,23-12-6-3-7-13-23)24-14-8-4-9-15-24/h3-19,32H,1-2H3,(H,29,31)/b28-19-. The molecule has 0 fully saturated rings. The van der Waals surface area contributed by atoms with Gasteiger partial charge in [0.25, 0.3) is 5.91 Å². The number of benzene rings is 3. The second-order valence-corrected chi connectivity index (χ2v) is 7.64. The van der Waals surface area contributed by atoms with Crippen molar-refractivity contribution >= 4 is 12.1 Å². The minimum absolute atomic E-state index is 0.473. The van der Waals surface area contributed by atoms with Gasteiger partial charge in [-0.1, -0.05) is 78.9 Å². The average Bonchev–Trinajstić information content (AvgIpc) is 3.12. The number of nitrogens with one attached hydrogen (secondary N) is 1. The molecular formula is C27H25N3O2. The first-order chi connectivity index (χ1) is 15.5. The van der Waals surface area contributed by atoms with Crippen molar-refractivity contribution in [2.75, 3.05) is 0 Å². The van der Waals surface area contributed by atoms with Gasteiger partial charge in [0.05, 0.1) is 6.21 Å². The third-order valence-corrected chi connectivity index (χ3v) is 5.57. The van der Waals surface area contributed by atoms with Gasteiger partial charge in [0, 0.05) is 22.6 Å². The van der Waals surface area contributed by atoms with Gasteiger partial charge in [-0.2, -0.15) is 5.10 Å². The summed E-state index contributed by atoms with van der Waals surface area (Å²) in [5, 5.41) is 15.7. The fourth-order valence-electron chi connectivity index (χ4n) is 3.92. The highest BCUT2D eigenvalue weighted by molar-refractivity contribution is 5.91. The van der Waals surface area contributed by atoms with Crippen molar-refractivity contribution in [1.82, 2.24) is 9.99 Å². The van der Waals surface area contributed by atoms with Crippen LogP contribution in [0.4, 0.5) is 0 Å². The number of amides is 1. The lowest BCUT2D eigenvalue weighted by atomic mass is 9.85. The van der Waals surface area contributed by atoms with Crippen molar-refractivity contribution in [3.05, 3.63) is 125 Å². The smallest absolute Gasteiger partial charge is 0.281 e. The van der Waals surface area contributed by atoms with Crippen LogP contribution in [0, 0.1) is 13.8 Å².